The Hall–Kier alpha value is -6.68. The molecular formula is C65H63N4OPt-3. The first-order valence-electron chi connectivity index (χ1n) is 24.5. The molecule has 5 nitrogen and oxygen atoms in total. The van der Waals surface area contributed by atoms with Gasteiger partial charge in [-0.2, -0.15) is 6.07 Å². The summed E-state index contributed by atoms with van der Waals surface area (Å²) in [5.41, 5.74) is 14.1. The van der Waals surface area contributed by atoms with Crippen molar-refractivity contribution in [3.63, 3.8) is 0 Å². The van der Waals surface area contributed by atoms with Crippen LogP contribution in [0.15, 0.2) is 176 Å². The molecule has 0 saturated carbocycles. The molecule has 0 radical (unpaired) electrons. The second kappa shape index (κ2) is 18.8. The van der Waals surface area contributed by atoms with E-state index in [1.807, 2.05) is 12.3 Å². The summed E-state index contributed by atoms with van der Waals surface area (Å²) >= 11 is 0. The smallest absolute Gasteiger partial charge is 0.135 e. The second-order valence-electron chi connectivity index (χ2n) is 22.4. The van der Waals surface area contributed by atoms with E-state index in [0.717, 1.165) is 61.4 Å². The summed E-state index contributed by atoms with van der Waals surface area (Å²) in [7, 11) is 0. The normalized spacial score (nSPS) is 13.4. The number of benzene rings is 7. The average Bonchev–Trinajstić information content (AvgIpc) is 3.94. The largest absolute Gasteiger partial charge is 0.509 e. The van der Waals surface area contributed by atoms with Gasteiger partial charge in [0.15, 0.2) is 0 Å². The Morgan fingerprint density at radius 1 is 0.493 bits per heavy atom. The monoisotopic (exact) mass is 1110 g/mol. The van der Waals surface area contributed by atoms with Crippen molar-refractivity contribution < 1.29 is 25.8 Å². The minimum Gasteiger partial charge on any atom is -0.509 e. The van der Waals surface area contributed by atoms with Gasteiger partial charge in [-0.3, -0.25) is 0 Å². The molecule has 0 unspecified atom stereocenters. The number of hydrogen-bond donors (Lipinski definition) is 0. The summed E-state index contributed by atoms with van der Waals surface area (Å²) in [4.78, 5) is 9.56. The zero-order valence-electron chi connectivity index (χ0n) is 42.8. The summed E-state index contributed by atoms with van der Waals surface area (Å²) in [6.07, 6.45) is 4.18. The summed E-state index contributed by atoms with van der Waals surface area (Å²) in [6, 6.07) is 66.1. The van der Waals surface area contributed by atoms with Gasteiger partial charge in [-0.1, -0.05) is 191 Å². The van der Waals surface area contributed by atoms with E-state index in [1.54, 1.807) is 0 Å². The quantitative estimate of drug-likeness (QED) is 0.135. The van der Waals surface area contributed by atoms with Gasteiger partial charge in [-0.05, 0) is 97.1 Å². The Bertz CT molecular complexity index is 3370. The van der Waals surface area contributed by atoms with Crippen molar-refractivity contribution in [3.05, 3.63) is 228 Å². The van der Waals surface area contributed by atoms with Gasteiger partial charge in [0.1, 0.15) is 5.82 Å². The second-order valence-corrected chi connectivity index (χ2v) is 22.4. The van der Waals surface area contributed by atoms with Crippen LogP contribution < -0.4 is 14.5 Å². The molecule has 3 heterocycles. The third-order valence-corrected chi connectivity index (χ3v) is 13.9. The molecule has 2 aromatic heterocycles. The maximum Gasteiger partial charge on any atom is 0.135 e. The number of fused-ring (bicyclic) bond motifs is 3. The first-order valence-corrected chi connectivity index (χ1v) is 24.5. The van der Waals surface area contributed by atoms with Crippen LogP contribution in [-0.4, -0.2) is 9.55 Å². The number of aromatic nitrogens is 2. The van der Waals surface area contributed by atoms with Crippen molar-refractivity contribution in [3.8, 4) is 28.4 Å². The molecule has 0 spiro atoms. The van der Waals surface area contributed by atoms with Crippen molar-refractivity contribution in [1.29, 1.82) is 0 Å². The van der Waals surface area contributed by atoms with Crippen LogP contribution in [0.3, 0.4) is 0 Å². The Morgan fingerprint density at radius 3 is 1.73 bits per heavy atom. The van der Waals surface area contributed by atoms with Crippen molar-refractivity contribution >= 4 is 38.9 Å². The van der Waals surface area contributed by atoms with Crippen LogP contribution in [-0.2, 0) is 42.7 Å². The molecule has 1 aliphatic heterocycles. The van der Waals surface area contributed by atoms with Crippen molar-refractivity contribution in [1.82, 2.24) is 9.55 Å². The van der Waals surface area contributed by atoms with Gasteiger partial charge in [0.05, 0.1) is 0 Å². The predicted octanol–water partition coefficient (Wildman–Crippen LogP) is 16.9. The van der Waals surface area contributed by atoms with Gasteiger partial charge in [0, 0.05) is 61.1 Å². The summed E-state index contributed by atoms with van der Waals surface area (Å²) in [5, 5.41) is 2.19. The van der Waals surface area contributed by atoms with Crippen LogP contribution in [0, 0.1) is 18.8 Å². The third kappa shape index (κ3) is 9.87. The van der Waals surface area contributed by atoms with E-state index in [4.69, 9.17) is 9.72 Å². The van der Waals surface area contributed by atoms with Crippen LogP contribution >= 0.6 is 0 Å². The molecule has 0 aliphatic carbocycles. The first kappa shape index (κ1) is 49.3. The Kier molecular flexibility index (Phi) is 13.1. The molecule has 0 amide bonds. The van der Waals surface area contributed by atoms with Crippen molar-refractivity contribution in [2.75, 3.05) is 9.80 Å². The molecule has 0 N–H and O–H groups in total. The van der Waals surface area contributed by atoms with E-state index < -0.39 is 0 Å². The van der Waals surface area contributed by atoms with Gasteiger partial charge >= 0.3 is 0 Å². The maximum atomic E-state index is 6.98. The summed E-state index contributed by atoms with van der Waals surface area (Å²) in [6.45, 7) is 27.2. The van der Waals surface area contributed by atoms with E-state index in [2.05, 4.69) is 273 Å². The molecular weight excluding hydrogens is 1050 g/mol. The minimum absolute atomic E-state index is 0. The standard InChI is InChI=1S/C65H63N4O.Pt/c1-62(2,3)49-34-50(63(4,5)6)36-52(35-49)67-42-60(45-23-17-13-18-24-45)68(43-67)53-37-51(64(7,8)9)38-55(40-53)70-54-28-29-56-57-33-46(44-21-15-12-16-22-44)27-30-58(57)69(59(56)41-54)61-39-48(31-32-66-61)65(10,11)47-25-19-14-20-26-47;/h12-39,42-43H,1-11H3;/q-3;. The molecule has 0 bridgehead atoms. The van der Waals surface area contributed by atoms with E-state index in [1.165, 1.54) is 27.8 Å². The Balaban J connectivity index is 0.00000624. The number of nitrogens with zero attached hydrogens (tertiary/aromatic N) is 4. The summed E-state index contributed by atoms with van der Waals surface area (Å²) < 4.78 is 9.22. The number of rotatable bonds is 9. The number of hydrogen-bond acceptors (Lipinski definition) is 4. The molecule has 7 aromatic carbocycles. The van der Waals surface area contributed by atoms with Crippen LogP contribution in [0.1, 0.15) is 110 Å². The fourth-order valence-corrected chi connectivity index (χ4v) is 9.44. The molecule has 10 rings (SSSR count). The molecule has 362 valence electrons. The fourth-order valence-electron chi connectivity index (χ4n) is 9.44. The van der Waals surface area contributed by atoms with Gasteiger partial charge in [0.25, 0.3) is 0 Å². The maximum absolute atomic E-state index is 6.98. The SMILES string of the molecule is CC(C)(C)c1cc(Oc2[c-]c3c(cc2)c2cc(-c4ccccc4)ccc2n3-c2cc(C(C)(C)c3ccccc3)ccn2)[c-]c(N2[CH-]N(c3cc(C(C)(C)C)cc(C(C)(C)C)c3)C=C2c2ccccc2)c1.[Pt]. The Morgan fingerprint density at radius 2 is 1.10 bits per heavy atom. The van der Waals surface area contributed by atoms with Crippen LogP contribution in [0.25, 0.3) is 44.4 Å². The molecule has 9 aromatic rings. The average molecular weight is 1110 g/mol. The van der Waals surface area contributed by atoms with Gasteiger partial charge < -0.3 is 19.1 Å². The van der Waals surface area contributed by atoms with Gasteiger partial charge in [-0.15, -0.1) is 53.6 Å². The Labute approximate surface area is 436 Å². The van der Waals surface area contributed by atoms with Crippen LogP contribution in [0.4, 0.5) is 11.4 Å². The van der Waals surface area contributed by atoms with E-state index >= 15 is 0 Å². The number of pyridine rings is 1. The predicted molar refractivity (Wildman–Crippen MR) is 293 cm³/mol. The summed E-state index contributed by atoms with van der Waals surface area (Å²) in [5.74, 6) is 2.03. The zero-order chi connectivity index (χ0) is 49.2. The van der Waals surface area contributed by atoms with Crippen LogP contribution in [0.2, 0.25) is 0 Å². The number of ether oxygens (including phenoxy) is 1. The molecule has 1 aliphatic rings. The van der Waals surface area contributed by atoms with E-state index in [9.17, 15) is 0 Å². The number of anilines is 2. The van der Waals surface area contributed by atoms with Crippen molar-refractivity contribution in [2.45, 2.75) is 97.8 Å². The molecule has 0 saturated heterocycles. The first-order chi connectivity index (χ1) is 33.3. The van der Waals surface area contributed by atoms with E-state index in [-0.39, 0.29) is 42.7 Å². The molecule has 6 heteroatoms. The van der Waals surface area contributed by atoms with Gasteiger partial charge in [0.2, 0.25) is 0 Å². The third-order valence-electron chi connectivity index (χ3n) is 13.9. The van der Waals surface area contributed by atoms with Crippen LogP contribution in [0.5, 0.6) is 11.5 Å². The molecule has 0 atom stereocenters. The molecule has 0 fully saturated rings. The van der Waals surface area contributed by atoms with E-state index in [0.29, 0.717) is 11.5 Å². The minimum atomic E-state index is -0.257. The topological polar surface area (TPSA) is 33.5 Å². The molecule has 71 heavy (non-hydrogen) atoms. The zero-order valence-corrected chi connectivity index (χ0v) is 45.1. The van der Waals surface area contributed by atoms with Crippen molar-refractivity contribution in [2.24, 2.45) is 0 Å². The fraction of sp³-hybridized carbons (Fsp3) is 0.231. The van der Waals surface area contributed by atoms with Gasteiger partial charge in [-0.25, -0.2) is 4.98 Å².